The van der Waals surface area contributed by atoms with E-state index in [0.29, 0.717) is 4.47 Å². The van der Waals surface area contributed by atoms with E-state index in [9.17, 15) is 14.0 Å². The maximum absolute atomic E-state index is 13.6. The molecule has 1 heterocycles. The van der Waals surface area contributed by atoms with E-state index in [1.807, 2.05) is 0 Å². The maximum atomic E-state index is 13.6. The number of ether oxygens (including phenoxy) is 2. The van der Waals surface area contributed by atoms with E-state index in [-0.39, 0.29) is 12.2 Å². The van der Waals surface area contributed by atoms with Crippen LogP contribution < -0.4 is 0 Å². The molecule has 1 atom stereocenters. The van der Waals surface area contributed by atoms with Gasteiger partial charge in [-0.05, 0) is 18.2 Å². The summed E-state index contributed by atoms with van der Waals surface area (Å²) in [5.74, 6) is -2.18. The molecule has 2 rings (SSSR count). The first-order valence-corrected chi connectivity index (χ1v) is 6.43. The van der Waals surface area contributed by atoms with Crippen molar-refractivity contribution in [3.8, 4) is 0 Å². The molecule has 0 aliphatic carbocycles. The van der Waals surface area contributed by atoms with Crippen LogP contribution in [-0.4, -0.2) is 24.6 Å². The fourth-order valence-electron chi connectivity index (χ4n) is 1.76. The Kier molecular flexibility index (Phi) is 3.62. The SMILES string of the molecule is CC1(C)COC(=O)[C@@H]1OC(=O)c1ccc(Br)cc1F. The van der Waals surface area contributed by atoms with E-state index in [4.69, 9.17) is 9.47 Å². The molecule has 102 valence electrons. The highest BCUT2D eigenvalue weighted by Crippen LogP contribution is 2.31. The topological polar surface area (TPSA) is 52.6 Å². The van der Waals surface area contributed by atoms with Gasteiger partial charge in [-0.25, -0.2) is 14.0 Å². The summed E-state index contributed by atoms with van der Waals surface area (Å²) in [5, 5.41) is 0. The Morgan fingerprint density at radius 2 is 2.21 bits per heavy atom. The fourth-order valence-corrected chi connectivity index (χ4v) is 2.09. The number of halogens is 2. The third-order valence-electron chi connectivity index (χ3n) is 2.89. The Morgan fingerprint density at radius 3 is 2.74 bits per heavy atom. The van der Waals surface area contributed by atoms with Gasteiger partial charge < -0.3 is 9.47 Å². The number of benzene rings is 1. The summed E-state index contributed by atoms with van der Waals surface area (Å²) in [7, 11) is 0. The second kappa shape index (κ2) is 4.92. The molecule has 4 nitrogen and oxygen atoms in total. The van der Waals surface area contributed by atoms with Gasteiger partial charge in [0.05, 0.1) is 5.56 Å². The van der Waals surface area contributed by atoms with Gasteiger partial charge in [0.25, 0.3) is 0 Å². The largest absolute Gasteiger partial charge is 0.462 e. The van der Waals surface area contributed by atoms with E-state index in [2.05, 4.69) is 15.9 Å². The van der Waals surface area contributed by atoms with Crippen LogP contribution in [0.25, 0.3) is 0 Å². The molecule has 0 spiro atoms. The number of hydrogen-bond acceptors (Lipinski definition) is 4. The zero-order valence-corrected chi connectivity index (χ0v) is 12.0. The van der Waals surface area contributed by atoms with Crippen LogP contribution in [0, 0.1) is 11.2 Å². The van der Waals surface area contributed by atoms with Gasteiger partial charge in [-0.15, -0.1) is 0 Å². The average molecular weight is 331 g/mol. The molecule has 1 aliphatic rings. The predicted molar refractivity (Wildman–Crippen MR) is 68.0 cm³/mol. The number of carbonyl (C=O) groups excluding carboxylic acids is 2. The molecular weight excluding hydrogens is 319 g/mol. The zero-order chi connectivity index (χ0) is 14.2. The quantitative estimate of drug-likeness (QED) is 0.782. The van der Waals surface area contributed by atoms with Crippen LogP contribution in [0.2, 0.25) is 0 Å². The fraction of sp³-hybridized carbons (Fsp3) is 0.385. The molecule has 1 fully saturated rings. The molecule has 1 aromatic rings. The van der Waals surface area contributed by atoms with Crippen molar-refractivity contribution >= 4 is 27.9 Å². The van der Waals surface area contributed by atoms with Crippen molar-refractivity contribution in [1.29, 1.82) is 0 Å². The summed E-state index contributed by atoms with van der Waals surface area (Å²) in [4.78, 5) is 23.4. The van der Waals surface area contributed by atoms with Crippen LogP contribution in [-0.2, 0) is 14.3 Å². The molecule has 19 heavy (non-hydrogen) atoms. The number of carbonyl (C=O) groups is 2. The van der Waals surface area contributed by atoms with Gasteiger partial charge in [0.15, 0.2) is 0 Å². The van der Waals surface area contributed by atoms with Crippen LogP contribution >= 0.6 is 15.9 Å². The highest BCUT2D eigenvalue weighted by Gasteiger charge is 2.46. The monoisotopic (exact) mass is 330 g/mol. The molecular formula is C13H12BrFO4. The van der Waals surface area contributed by atoms with Crippen molar-refractivity contribution in [2.75, 3.05) is 6.61 Å². The van der Waals surface area contributed by atoms with Crippen LogP contribution in [0.1, 0.15) is 24.2 Å². The number of hydrogen-bond donors (Lipinski definition) is 0. The summed E-state index contributed by atoms with van der Waals surface area (Å²) in [6.45, 7) is 3.66. The Bertz CT molecular complexity index is 541. The van der Waals surface area contributed by atoms with Gasteiger partial charge in [-0.1, -0.05) is 29.8 Å². The summed E-state index contributed by atoms with van der Waals surface area (Å²) in [6.07, 6.45) is -1.01. The Balaban J connectivity index is 2.19. The molecule has 0 N–H and O–H groups in total. The standard InChI is InChI=1S/C13H12BrFO4/c1-13(2)6-18-12(17)10(13)19-11(16)8-4-3-7(14)5-9(8)15/h3-5,10H,6H2,1-2H3/t10-/m0/s1. The summed E-state index contributed by atoms with van der Waals surface area (Å²) in [5.41, 5.74) is -0.822. The van der Waals surface area contributed by atoms with Crippen molar-refractivity contribution in [2.45, 2.75) is 20.0 Å². The Labute approximate surface area is 118 Å². The van der Waals surface area contributed by atoms with Gasteiger partial charge in [0.2, 0.25) is 6.10 Å². The minimum Gasteiger partial charge on any atom is -0.462 e. The molecule has 0 radical (unpaired) electrons. The van der Waals surface area contributed by atoms with Gasteiger partial charge >= 0.3 is 11.9 Å². The highest BCUT2D eigenvalue weighted by atomic mass is 79.9. The van der Waals surface area contributed by atoms with Crippen molar-refractivity contribution in [3.05, 3.63) is 34.1 Å². The lowest BCUT2D eigenvalue weighted by atomic mass is 9.90. The Hall–Kier alpha value is -1.43. The van der Waals surface area contributed by atoms with Crippen LogP contribution in [0.3, 0.4) is 0 Å². The molecule has 1 aromatic carbocycles. The molecule has 1 aliphatic heterocycles. The number of rotatable bonds is 2. The molecule has 0 unspecified atom stereocenters. The molecule has 6 heteroatoms. The lowest BCUT2D eigenvalue weighted by molar-refractivity contribution is -0.145. The molecule has 0 amide bonds. The molecule has 0 aromatic heterocycles. The zero-order valence-electron chi connectivity index (χ0n) is 10.4. The first-order valence-electron chi connectivity index (χ1n) is 5.64. The van der Waals surface area contributed by atoms with Crippen molar-refractivity contribution in [2.24, 2.45) is 5.41 Å². The van der Waals surface area contributed by atoms with Crippen molar-refractivity contribution < 1.29 is 23.5 Å². The first-order chi connectivity index (χ1) is 8.81. The molecule has 0 saturated carbocycles. The van der Waals surface area contributed by atoms with Gasteiger partial charge in [-0.2, -0.15) is 0 Å². The minimum absolute atomic E-state index is 0.173. The van der Waals surface area contributed by atoms with Crippen molar-refractivity contribution in [1.82, 2.24) is 0 Å². The number of esters is 2. The lowest BCUT2D eigenvalue weighted by Gasteiger charge is -2.21. The van der Waals surface area contributed by atoms with Gasteiger partial charge in [-0.3, -0.25) is 0 Å². The second-order valence-corrected chi connectivity index (χ2v) is 5.92. The van der Waals surface area contributed by atoms with Crippen LogP contribution in [0.4, 0.5) is 4.39 Å². The maximum Gasteiger partial charge on any atom is 0.348 e. The third-order valence-corrected chi connectivity index (χ3v) is 3.38. The Morgan fingerprint density at radius 1 is 1.53 bits per heavy atom. The van der Waals surface area contributed by atoms with Gasteiger partial charge in [0.1, 0.15) is 12.4 Å². The smallest absolute Gasteiger partial charge is 0.348 e. The van der Waals surface area contributed by atoms with E-state index in [1.54, 1.807) is 13.8 Å². The van der Waals surface area contributed by atoms with E-state index in [1.165, 1.54) is 12.1 Å². The second-order valence-electron chi connectivity index (χ2n) is 5.01. The minimum atomic E-state index is -1.01. The van der Waals surface area contributed by atoms with Crippen LogP contribution in [0.5, 0.6) is 0 Å². The average Bonchev–Trinajstić information content (AvgIpc) is 2.56. The first kappa shape index (κ1) is 14.0. The summed E-state index contributed by atoms with van der Waals surface area (Å²) in [6, 6.07) is 3.99. The van der Waals surface area contributed by atoms with E-state index >= 15 is 0 Å². The third kappa shape index (κ3) is 2.78. The summed E-state index contributed by atoms with van der Waals surface area (Å²) < 4.78 is 24.1. The van der Waals surface area contributed by atoms with Gasteiger partial charge in [0, 0.05) is 9.89 Å². The van der Waals surface area contributed by atoms with E-state index in [0.717, 1.165) is 6.07 Å². The molecule has 1 saturated heterocycles. The predicted octanol–water partition coefficient (Wildman–Crippen LogP) is 2.70. The van der Waals surface area contributed by atoms with E-state index < -0.39 is 29.3 Å². The number of cyclic esters (lactones) is 1. The normalized spacial score (nSPS) is 21.1. The summed E-state index contributed by atoms with van der Waals surface area (Å²) >= 11 is 3.09. The van der Waals surface area contributed by atoms with Crippen molar-refractivity contribution in [3.63, 3.8) is 0 Å². The molecule has 0 bridgehead atoms. The lowest BCUT2D eigenvalue weighted by Crippen LogP contribution is -2.35. The van der Waals surface area contributed by atoms with Crippen LogP contribution in [0.15, 0.2) is 22.7 Å². The highest BCUT2D eigenvalue weighted by molar-refractivity contribution is 9.10.